The van der Waals surface area contributed by atoms with Gasteiger partial charge in [0.15, 0.2) is 0 Å². The molecule has 1 aromatic rings. The van der Waals surface area contributed by atoms with Gasteiger partial charge in [-0.25, -0.2) is 0 Å². The van der Waals surface area contributed by atoms with Crippen molar-refractivity contribution in [2.24, 2.45) is 0 Å². The lowest BCUT2D eigenvalue weighted by Gasteiger charge is -2.09. The molecule has 1 atom stereocenters. The van der Waals surface area contributed by atoms with E-state index in [9.17, 15) is 25.3 Å². The van der Waals surface area contributed by atoms with E-state index in [-0.39, 0.29) is 23.8 Å². The minimum Gasteiger partial charge on any atom is -0.390 e. The maximum atomic E-state index is 10.8. The van der Waals surface area contributed by atoms with Gasteiger partial charge in [0.1, 0.15) is 5.69 Å². The summed E-state index contributed by atoms with van der Waals surface area (Å²) in [5.41, 5.74) is -0.703. The topological polar surface area (TPSA) is 119 Å². The molecule has 98 valence electrons. The molecule has 1 rings (SSSR count). The maximum absolute atomic E-state index is 10.8. The third-order valence-electron chi connectivity index (χ3n) is 2.10. The minimum absolute atomic E-state index is 0.0160. The van der Waals surface area contributed by atoms with Gasteiger partial charge in [-0.2, -0.15) is 0 Å². The van der Waals surface area contributed by atoms with Gasteiger partial charge in [0, 0.05) is 12.6 Å². The summed E-state index contributed by atoms with van der Waals surface area (Å²) in [5, 5.41) is 33.1. The molecule has 0 aliphatic heterocycles. The third-order valence-corrected chi connectivity index (χ3v) is 2.45. The lowest BCUT2D eigenvalue weighted by Crippen LogP contribution is -2.21. The Morgan fingerprint density at radius 3 is 2.50 bits per heavy atom. The fourth-order valence-electron chi connectivity index (χ4n) is 1.22. The lowest BCUT2D eigenvalue weighted by molar-refractivity contribution is -0.393. The number of nitro groups is 2. The van der Waals surface area contributed by atoms with E-state index < -0.39 is 21.6 Å². The number of benzene rings is 1. The van der Waals surface area contributed by atoms with Crippen molar-refractivity contribution in [3.05, 3.63) is 38.4 Å². The van der Waals surface area contributed by atoms with Crippen molar-refractivity contribution in [1.82, 2.24) is 0 Å². The number of nitro benzene ring substituents is 2. The van der Waals surface area contributed by atoms with Crippen LogP contribution in [0.1, 0.15) is 0 Å². The summed E-state index contributed by atoms with van der Waals surface area (Å²) in [7, 11) is 0. The number of halogens is 1. The first-order valence-electron chi connectivity index (χ1n) is 4.86. The van der Waals surface area contributed by atoms with Crippen LogP contribution in [0.15, 0.2) is 18.2 Å². The molecule has 0 bridgehead atoms. The summed E-state index contributed by atoms with van der Waals surface area (Å²) in [4.78, 5) is 19.8. The number of hydrogen-bond donors (Lipinski definition) is 2. The van der Waals surface area contributed by atoms with Gasteiger partial charge >= 0.3 is 0 Å². The van der Waals surface area contributed by atoms with Crippen molar-refractivity contribution in [3.8, 4) is 0 Å². The molecule has 0 aromatic heterocycles. The molecule has 0 fully saturated rings. The first-order chi connectivity index (χ1) is 8.45. The fourth-order valence-corrected chi connectivity index (χ4v) is 1.33. The summed E-state index contributed by atoms with van der Waals surface area (Å²) in [6.45, 7) is 0.0160. The Labute approximate surface area is 106 Å². The van der Waals surface area contributed by atoms with E-state index in [2.05, 4.69) is 5.32 Å². The highest BCUT2D eigenvalue weighted by Gasteiger charge is 2.19. The van der Waals surface area contributed by atoms with Crippen molar-refractivity contribution in [2.45, 2.75) is 6.10 Å². The lowest BCUT2D eigenvalue weighted by atomic mass is 10.2. The summed E-state index contributed by atoms with van der Waals surface area (Å²) in [5.74, 6) is -0.0201. The van der Waals surface area contributed by atoms with E-state index in [1.807, 2.05) is 0 Å². The molecule has 18 heavy (non-hydrogen) atoms. The summed E-state index contributed by atoms with van der Waals surface area (Å²) in [6.07, 6.45) is -0.860. The van der Waals surface area contributed by atoms with Gasteiger partial charge in [-0.1, -0.05) is 0 Å². The predicted molar refractivity (Wildman–Crippen MR) is 65.0 cm³/mol. The molecule has 9 heteroatoms. The Bertz CT molecular complexity index is 468. The zero-order chi connectivity index (χ0) is 13.7. The van der Waals surface area contributed by atoms with Crippen molar-refractivity contribution in [2.75, 3.05) is 17.7 Å². The van der Waals surface area contributed by atoms with Crippen molar-refractivity contribution in [1.29, 1.82) is 0 Å². The molecule has 1 aromatic carbocycles. The molecular formula is C9H10ClN3O5. The van der Waals surface area contributed by atoms with Gasteiger partial charge < -0.3 is 10.4 Å². The molecule has 0 aliphatic carbocycles. The predicted octanol–water partition coefficient (Wildman–Crippen LogP) is 1.51. The normalized spacial score (nSPS) is 11.9. The van der Waals surface area contributed by atoms with Crippen molar-refractivity contribution < 1.29 is 15.0 Å². The van der Waals surface area contributed by atoms with Crippen LogP contribution in [0, 0.1) is 20.2 Å². The van der Waals surface area contributed by atoms with E-state index in [4.69, 9.17) is 11.6 Å². The van der Waals surface area contributed by atoms with Crippen LogP contribution in [0.4, 0.5) is 17.1 Å². The largest absolute Gasteiger partial charge is 0.390 e. The highest BCUT2D eigenvalue weighted by Crippen LogP contribution is 2.28. The molecule has 2 N–H and O–H groups in total. The van der Waals surface area contributed by atoms with Crippen LogP contribution >= 0.6 is 11.6 Å². The molecule has 8 nitrogen and oxygen atoms in total. The van der Waals surface area contributed by atoms with Crippen molar-refractivity contribution in [3.63, 3.8) is 0 Å². The zero-order valence-electron chi connectivity index (χ0n) is 9.08. The quantitative estimate of drug-likeness (QED) is 0.461. The number of aliphatic hydroxyl groups excluding tert-OH is 1. The standard InChI is InChI=1S/C9H10ClN3O5/c10-4-7(14)5-11-8-2-1-6(12(15)16)3-9(8)13(17)18/h1-3,7,11,14H,4-5H2. The Balaban J connectivity index is 2.97. The Kier molecular flexibility index (Phi) is 4.81. The van der Waals surface area contributed by atoms with Gasteiger partial charge in [0.05, 0.1) is 27.9 Å². The van der Waals surface area contributed by atoms with Crippen LogP contribution in [0.2, 0.25) is 0 Å². The molecule has 0 aliphatic rings. The summed E-state index contributed by atoms with van der Waals surface area (Å²) in [6, 6.07) is 3.22. The molecular weight excluding hydrogens is 266 g/mol. The van der Waals surface area contributed by atoms with Gasteiger partial charge in [-0.15, -0.1) is 11.6 Å². The number of nitrogens with zero attached hydrogens (tertiary/aromatic N) is 2. The zero-order valence-corrected chi connectivity index (χ0v) is 9.83. The molecule has 0 amide bonds. The van der Waals surface area contributed by atoms with E-state index in [1.54, 1.807) is 0 Å². The number of nitrogens with one attached hydrogen (secondary N) is 1. The van der Waals surface area contributed by atoms with E-state index in [1.165, 1.54) is 6.07 Å². The van der Waals surface area contributed by atoms with E-state index >= 15 is 0 Å². The summed E-state index contributed by atoms with van der Waals surface area (Å²) >= 11 is 5.37. The average Bonchev–Trinajstić information content (AvgIpc) is 2.35. The highest BCUT2D eigenvalue weighted by molar-refractivity contribution is 6.18. The third kappa shape index (κ3) is 3.54. The average molecular weight is 276 g/mol. The minimum atomic E-state index is -0.860. The van der Waals surface area contributed by atoms with Crippen LogP contribution < -0.4 is 5.32 Å². The smallest absolute Gasteiger partial charge is 0.299 e. The molecule has 0 spiro atoms. The number of rotatable bonds is 6. The second-order valence-corrected chi connectivity index (χ2v) is 3.71. The van der Waals surface area contributed by atoms with Crippen LogP contribution in [-0.2, 0) is 0 Å². The molecule has 0 saturated carbocycles. The van der Waals surface area contributed by atoms with Crippen LogP contribution in [0.5, 0.6) is 0 Å². The van der Waals surface area contributed by atoms with Gasteiger partial charge in [-0.3, -0.25) is 20.2 Å². The van der Waals surface area contributed by atoms with Gasteiger partial charge in [0.2, 0.25) is 0 Å². The Morgan fingerprint density at radius 1 is 1.33 bits per heavy atom. The van der Waals surface area contributed by atoms with Crippen molar-refractivity contribution >= 4 is 28.7 Å². The number of non-ortho nitro benzene ring substituents is 1. The fraction of sp³-hybridized carbons (Fsp3) is 0.333. The van der Waals surface area contributed by atoms with Crippen LogP contribution in [0.25, 0.3) is 0 Å². The molecule has 0 saturated heterocycles. The number of hydrogen-bond acceptors (Lipinski definition) is 6. The SMILES string of the molecule is O=[N+]([O-])c1ccc(NCC(O)CCl)c([N+](=O)[O-])c1. The first kappa shape index (κ1) is 14.1. The second-order valence-electron chi connectivity index (χ2n) is 3.40. The second kappa shape index (κ2) is 6.12. The highest BCUT2D eigenvalue weighted by atomic mass is 35.5. The Hall–Kier alpha value is -1.93. The van der Waals surface area contributed by atoms with Crippen LogP contribution in [-0.4, -0.2) is 33.5 Å². The summed E-state index contributed by atoms with van der Waals surface area (Å²) < 4.78 is 0. The first-order valence-corrected chi connectivity index (χ1v) is 5.40. The number of alkyl halides is 1. The molecule has 1 unspecified atom stereocenters. The molecule has 0 radical (unpaired) electrons. The number of anilines is 1. The monoisotopic (exact) mass is 275 g/mol. The van der Waals surface area contributed by atoms with E-state index in [0.29, 0.717) is 0 Å². The number of aliphatic hydroxyl groups is 1. The molecule has 0 heterocycles. The van der Waals surface area contributed by atoms with Gasteiger partial charge in [-0.05, 0) is 6.07 Å². The van der Waals surface area contributed by atoms with Gasteiger partial charge in [0.25, 0.3) is 11.4 Å². The Morgan fingerprint density at radius 2 is 2.00 bits per heavy atom. The maximum Gasteiger partial charge on any atom is 0.299 e. The van der Waals surface area contributed by atoms with E-state index in [0.717, 1.165) is 12.1 Å². The van der Waals surface area contributed by atoms with Crippen LogP contribution in [0.3, 0.4) is 0 Å².